The minimum atomic E-state index is -0.687. The molecule has 0 radical (unpaired) electrons. The second kappa shape index (κ2) is 3.98. The van der Waals surface area contributed by atoms with Gasteiger partial charge >= 0.3 is 0 Å². The molecule has 17 heavy (non-hydrogen) atoms. The van der Waals surface area contributed by atoms with Crippen LogP contribution in [0.4, 0.5) is 0 Å². The maximum atomic E-state index is 10.9. The molecule has 3 rings (SSSR count). The minimum absolute atomic E-state index is 0.293. The van der Waals surface area contributed by atoms with Crippen molar-refractivity contribution in [2.75, 3.05) is 13.1 Å². The summed E-state index contributed by atoms with van der Waals surface area (Å²) in [4.78, 5) is 2.41. The smallest absolute Gasteiger partial charge is 0.106 e. The molecule has 1 aromatic rings. The number of hydrogen-bond donors (Lipinski definition) is 1. The van der Waals surface area contributed by atoms with Crippen LogP contribution in [0.5, 0.6) is 0 Å². The van der Waals surface area contributed by atoms with E-state index < -0.39 is 5.60 Å². The normalized spacial score (nSPS) is 33.0. The quantitative estimate of drug-likeness (QED) is 0.830. The van der Waals surface area contributed by atoms with Crippen LogP contribution in [0.15, 0.2) is 18.2 Å². The van der Waals surface area contributed by atoms with Crippen molar-refractivity contribution >= 4 is 11.6 Å². The fourth-order valence-electron chi connectivity index (χ4n) is 3.31. The van der Waals surface area contributed by atoms with Crippen LogP contribution < -0.4 is 0 Å². The summed E-state index contributed by atoms with van der Waals surface area (Å²) in [6, 6.07) is 6.27. The number of halogens is 1. The van der Waals surface area contributed by atoms with E-state index in [1.54, 1.807) is 0 Å². The third kappa shape index (κ3) is 1.70. The summed E-state index contributed by atoms with van der Waals surface area (Å²) in [5.74, 6) is 0. The molecule has 0 aliphatic carbocycles. The number of aryl methyl sites for hydroxylation is 1. The van der Waals surface area contributed by atoms with Gasteiger partial charge in [0.1, 0.15) is 5.60 Å². The number of benzene rings is 1. The third-order valence-corrected chi connectivity index (χ3v) is 4.77. The zero-order chi connectivity index (χ0) is 12.0. The highest BCUT2D eigenvalue weighted by Gasteiger charge is 2.48. The van der Waals surface area contributed by atoms with Crippen molar-refractivity contribution in [3.05, 3.63) is 34.3 Å². The van der Waals surface area contributed by atoms with Gasteiger partial charge in [0.15, 0.2) is 0 Å². The standard InChI is InChI=1S/C14H18ClNO/c1-10-4-5-11(9-12(10)15)14(17)6-8-16-7-2-3-13(14)16/h4-5,9,13,17H,2-3,6-8H2,1H3. The average molecular weight is 252 g/mol. The lowest BCUT2D eigenvalue weighted by molar-refractivity contribution is 0.00938. The van der Waals surface area contributed by atoms with Crippen molar-refractivity contribution in [1.82, 2.24) is 4.90 Å². The van der Waals surface area contributed by atoms with Crippen LogP contribution >= 0.6 is 11.6 Å². The van der Waals surface area contributed by atoms with Gasteiger partial charge in [-0.2, -0.15) is 0 Å². The Bertz CT molecular complexity index is 448. The Balaban J connectivity index is 1.99. The van der Waals surface area contributed by atoms with Crippen LogP contribution in [-0.2, 0) is 5.60 Å². The van der Waals surface area contributed by atoms with E-state index in [2.05, 4.69) is 4.90 Å². The summed E-state index contributed by atoms with van der Waals surface area (Å²) >= 11 is 6.17. The molecule has 2 heterocycles. The molecule has 2 unspecified atom stereocenters. The Hall–Kier alpha value is -0.570. The molecule has 2 nitrogen and oxygen atoms in total. The van der Waals surface area contributed by atoms with E-state index in [1.807, 2.05) is 25.1 Å². The predicted molar refractivity (Wildman–Crippen MR) is 69.3 cm³/mol. The molecule has 0 aromatic heterocycles. The van der Waals surface area contributed by atoms with Gasteiger partial charge in [-0.15, -0.1) is 0 Å². The highest BCUT2D eigenvalue weighted by atomic mass is 35.5. The molecule has 1 N–H and O–H groups in total. The van der Waals surface area contributed by atoms with Crippen LogP contribution in [0.25, 0.3) is 0 Å². The van der Waals surface area contributed by atoms with Gasteiger partial charge in [-0.3, -0.25) is 4.90 Å². The van der Waals surface area contributed by atoms with Crippen molar-refractivity contribution in [3.63, 3.8) is 0 Å². The van der Waals surface area contributed by atoms with Gasteiger partial charge in [-0.25, -0.2) is 0 Å². The number of hydrogen-bond acceptors (Lipinski definition) is 2. The average Bonchev–Trinajstić information content (AvgIpc) is 2.88. The lowest BCUT2D eigenvalue weighted by atomic mass is 9.85. The van der Waals surface area contributed by atoms with Gasteiger partial charge in [-0.05, 0) is 49.9 Å². The summed E-state index contributed by atoms with van der Waals surface area (Å²) < 4.78 is 0. The molecule has 0 spiro atoms. The van der Waals surface area contributed by atoms with E-state index in [9.17, 15) is 5.11 Å². The van der Waals surface area contributed by atoms with Crippen LogP contribution in [0, 0.1) is 6.92 Å². The summed E-state index contributed by atoms with van der Waals surface area (Å²) in [5, 5.41) is 11.7. The monoisotopic (exact) mass is 251 g/mol. The van der Waals surface area contributed by atoms with Crippen molar-refractivity contribution in [1.29, 1.82) is 0 Å². The van der Waals surface area contributed by atoms with E-state index in [0.717, 1.165) is 42.1 Å². The maximum Gasteiger partial charge on any atom is 0.106 e. The van der Waals surface area contributed by atoms with Gasteiger partial charge in [0.25, 0.3) is 0 Å². The molecule has 2 saturated heterocycles. The zero-order valence-corrected chi connectivity index (χ0v) is 10.9. The Morgan fingerprint density at radius 2 is 2.24 bits per heavy atom. The molecule has 3 heteroatoms. The Morgan fingerprint density at radius 3 is 3.00 bits per heavy atom. The predicted octanol–water partition coefficient (Wildman–Crippen LogP) is 2.70. The second-order valence-corrected chi connectivity index (χ2v) is 5.74. The van der Waals surface area contributed by atoms with E-state index in [4.69, 9.17) is 11.6 Å². The Morgan fingerprint density at radius 1 is 1.41 bits per heavy atom. The molecule has 0 saturated carbocycles. The lowest BCUT2D eigenvalue weighted by Gasteiger charge is -2.30. The molecule has 0 amide bonds. The van der Waals surface area contributed by atoms with Gasteiger partial charge in [-0.1, -0.05) is 23.7 Å². The molecule has 1 aromatic carbocycles. The van der Waals surface area contributed by atoms with Crippen molar-refractivity contribution in [3.8, 4) is 0 Å². The van der Waals surface area contributed by atoms with Crippen LogP contribution in [0.2, 0.25) is 5.02 Å². The molecule has 2 fully saturated rings. The summed E-state index contributed by atoms with van der Waals surface area (Å²) in [6.07, 6.45) is 3.13. The molecule has 0 bridgehead atoms. The first kappa shape index (κ1) is 11.5. The maximum absolute atomic E-state index is 10.9. The number of rotatable bonds is 1. The van der Waals surface area contributed by atoms with E-state index in [1.165, 1.54) is 6.42 Å². The van der Waals surface area contributed by atoms with E-state index in [-0.39, 0.29) is 0 Å². The van der Waals surface area contributed by atoms with Gasteiger partial charge < -0.3 is 5.11 Å². The fraction of sp³-hybridized carbons (Fsp3) is 0.571. The Labute approximate surface area is 107 Å². The van der Waals surface area contributed by atoms with Crippen molar-refractivity contribution < 1.29 is 5.11 Å². The molecular weight excluding hydrogens is 234 g/mol. The first-order valence-corrected chi connectivity index (χ1v) is 6.72. The molecule has 2 atom stereocenters. The Kier molecular flexibility index (Phi) is 2.69. The van der Waals surface area contributed by atoms with E-state index in [0.29, 0.717) is 6.04 Å². The van der Waals surface area contributed by atoms with Gasteiger partial charge in [0.05, 0.1) is 0 Å². The summed E-state index contributed by atoms with van der Waals surface area (Å²) in [5.41, 5.74) is 1.37. The zero-order valence-electron chi connectivity index (χ0n) is 10.1. The molecule has 92 valence electrons. The van der Waals surface area contributed by atoms with Crippen LogP contribution in [0.3, 0.4) is 0 Å². The summed E-state index contributed by atoms with van der Waals surface area (Å²) in [6.45, 7) is 4.13. The SMILES string of the molecule is Cc1ccc(C2(O)CCN3CCCC32)cc1Cl. The van der Waals surface area contributed by atoms with Crippen molar-refractivity contribution in [2.45, 2.75) is 37.8 Å². The molecule has 2 aliphatic heterocycles. The van der Waals surface area contributed by atoms with Crippen molar-refractivity contribution in [2.24, 2.45) is 0 Å². The fourth-order valence-corrected chi connectivity index (χ4v) is 3.49. The third-order valence-electron chi connectivity index (χ3n) is 4.37. The first-order chi connectivity index (χ1) is 8.11. The van der Waals surface area contributed by atoms with Crippen LogP contribution in [0.1, 0.15) is 30.4 Å². The minimum Gasteiger partial charge on any atom is -0.383 e. The number of nitrogens with zero attached hydrogens (tertiary/aromatic N) is 1. The molecule has 2 aliphatic rings. The van der Waals surface area contributed by atoms with Gasteiger partial charge in [0, 0.05) is 17.6 Å². The highest BCUT2D eigenvalue weighted by molar-refractivity contribution is 6.31. The summed E-state index contributed by atoms with van der Waals surface area (Å²) in [7, 11) is 0. The lowest BCUT2D eigenvalue weighted by Crippen LogP contribution is -2.38. The number of fused-ring (bicyclic) bond motifs is 1. The highest BCUT2D eigenvalue weighted by Crippen LogP contribution is 2.43. The van der Waals surface area contributed by atoms with E-state index >= 15 is 0 Å². The first-order valence-electron chi connectivity index (χ1n) is 6.34. The van der Waals surface area contributed by atoms with Gasteiger partial charge in [0.2, 0.25) is 0 Å². The topological polar surface area (TPSA) is 23.5 Å². The largest absolute Gasteiger partial charge is 0.383 e. The van der Waals surface area contributed by atoms with Crippen LogP contribution in [-0.4, -0.2) is 29.1 Å². The number of aliphatic hydroxyl groups is 1. The second-order valence-electron chi connectivity index (χ2n) is 5.33. The molecular formula is C14H18ClNO.